The fourth-order valence-electron chi connectivity index (χ4n) is 0.472. The summed E-state index contributed by atoms with van der Waals surface area (Å²) >= 11 is 0. The fourth-order valence-corrected chi connectivity index (χ4v) is 0.472. The Labute approximate surface area is 55.4 Å². The van der Waals surface area contributed by atoms with Crippen molar-refractivity contribution in [1.82, 2.24) is 0 Å². The monoisotopic (exact) mass is 129 g/mol. The maximum absolute atomic E-state index is 12.3. The van der Waals surface area contributed by atoms with Crippen LogP contribution in [-0.4, -0.2) is 12.7 Å². The maximum Gasteiger partial charge on any atom is 0.113 e. The summed E-state index contributed by atoms with van der Waals surface area (Å²) < 4.78 is 12.3. The first-order chi connectivity index (χ1) is 4.31. The van der Waals surface area contributed by atoms with Crippen molar-refractivity contribution >= 4 is 0 Å². The molecule has 0 rings (SSSR count). The third-order valence-electron chi connectivity index (χ3n) is 1.02. The highest BCUT2D eigenvalue weighted by atomic mass is 19.1. The highest BCUT2D eigenvalue weighted by Crippen LogP contribution is 1.97. The molecule has 1 atom stereocenters. The predicted molar refractivity (Wildman–Crippen MR) is 36.6 cm³/mol. The SMILES string of the molecule is CC#CCCC(F)CN. The van der Waals surface area contributed by atoms with Gasteiger partial charge in [0.25, 0.3) is 0 Å². The van der Waals surface area contributed by atoms with Gasteiger partial charge in [0.1, 0.15) is 6.17 Å². The second-order valence-corrected chi connectivity index (χ2v) is 1.80. The maximum atomic E-state index is 12.3. The molecule has 9 heavy (non-hydrogen) atoms. The predicted octanol–water partition coefficient (Wildman–Crippen LogP) is 1.09. The van der Waals surface area contributed by atoms with E-state index in [1.165, 1.54) is 0 Å². The molecule has 0 heterocycles. The minimum absolute atomic E-state index is 0.116. The number of halogens is 1. The molecule has 0 spiro atoms. The summed E-state index contributed by atoms with van der Waals surface area (Å²) in [6.07, 6.45) is 0.220. The van der Waals surface area contributed by atoms with Crippen molar-refractivity contribution in [3.63, 3.8) is 0 Å². The zero-order chi connectivity index (χ0) is 7.11. The summed E-state index contributed by atoms with van der Waals surface area (Å²) in [7, 11) is 0. The van der Waals surface area contributed by atoms with E-state index >= 15 is 0 Å². The topological polar surface area (TPSA) is 26.0 Å². The molecule has 1 unspecified atom stereocenters. The smallest absolute Gasteiger partial charge is 0.113 e. The van der Waals surface area contributed by atoms with Crippen LogP contribution in [0.1, 0.15) is 19.8 Å². The third kappa shape index (κ3) is 5.32. The van der Waals surface area contributed by atoms with Gasteiger partial charge in [-0.25, -0.2) is 4.39 Å². The van der Waals surface area contributed by atoms with Crippen LogP contribution in [0.2, 0.25) is 0 Å². The van der Waals surface area contributed by atoms with Crippen LogP contribution in [0.5, 0.6) is 0 Å². The molecule has 0 radical (unpaired) electrons. The van der Waals surface area contributed by atoms with Gasteiger partial charge >= 0.3 is 0 Å². The lowest BCUT2D eigenvalue weighted by atomic mass is 10.2. The largest absolute Gasteiger partial charge is 0.328 e. The Hall–Kier alpha value is -0.550. The minimum atomic E-state index is -0.870. The summed E-state index contributed by atoms with van der Waals surface area (Å²) in [5, 5.41) is 0. The molecule has 0 aromatic carbocycles. The van der Waals surface area contributed by atoms with Gasteiger partial charge in [-0.05, 0) is 13.3 Å². The number of rotatable bonds is 3. The summed E-state index contributed by atoms with van der Waals surface area (Å²) in [5.74, 6) is 5.46. The lowest BCUT2D eigenvalue weighted by molar-refractivity contribution is 0.326. The Balaban J connectivity index is 3.13. The molecule has 2 N–H and O–H groups in total. The van der Waals surface area contributed by atoms with Crippen molar-refractivity contribution in [2.75, 3.05) is 6.54 Å². The van der Waals surface area contributed by atoms with Crippen molar-refractivity contribution in [3.8, 4) is 11.8 Å². The van der Waals surface area contributed by atoms with E-state index < -0.39 is 6.17 Å². The van der Waals surface area contributed by atoms with Gasteiger partial charge in [-0.1, -0.05) is 0 Å². The molecular formula is C7H12FN. The summed E-state index contributed by atoms with van der Waals surface area (Å²) in [5.41, 5.74) is 5.03. The molecular weight excluding hydrogens is 117 g/mol. The molecule has 0 aromatic heterocycles. The fraction of sp³-hybridized carbons (Fsp3) is 0.714. The van der Waals surface area contributed by atoms with Gasteiger partial charge < -0.3 is 5.73 Å². The summed E-state index contributed by atoms with van der Waals surface area (Å²) in [4.78, 5) is 0. The van der Waals surface area contributed by atoms with E-state index in [1.807, 2.05) is 0 Å². The van der Waals surface area contributed by atoms with Gasteiger partial charge in [0.05, 0.1) is 0 Å². The Morgan fingerprint density at radius 3 is 2.78 bits per heavy atom. The number of hydrogen-bond acceptors (Lipinski definition) is 1. The van der Waals surface area contributed by atoms with E-state index in [9.17, 15) is 4.39 Å². The lowest BCUT2D eigenvalue weighted by Gasteiger charge is -1.98. The van der Waals surface area contributed by atoms with Crippen molar-refractivity contribution < 1.29 is 4.39 Å². The average molecular weight is 129 g/mol. The standard InChI is InChI=1S/C7H12FN/c1-2-3-4-5-7(8)6-9/h7H,4-6,9H2,1H3. The average Bonchev–Trinajstić information content (AvgIpc) is 1.89. The Morgan fingerprint density at radius 1 is 1.67 bits per heavy atom. The van der Waals surface area contributed by atoms with Crippen LogP contribution in [0.4, 0.5) is 4.39 Å². The molecule has 52 valence electrons. The van der Waals surface area contributed by atoms with E-state index in [4.69, 9.17) is 5.73 Å². The van der Waals surface area contributed by atoms with E-state index in [2.05, 4.69) is 11.8 Å². The van der Waals surface area contributed by atoms with Crippen molar-refractivity contribution in [3.05, 3.63) is 0 Å². The number of hydrogen-bond donors (Lipinski definition) is 1. The zero-order valence-electron chi connectivity index (χ0n) is 5.65. The molecule has 2 heteroatoms. The van der Waals surface area contributed by atoms with Crippen LogP contribution in [-0.2, 0) is 0 Å². The molecule has 0 bridgehead atoms. The second-order valence-electron chi connectivity index (χ2n) is 1.80. The second kappa shape index (κ2) is 5.58. The van der Waals surface area contributed by atoms with Crippen molar-refractivity contribution in [1.29, 1.82) is 0 Å². The van der Waals surface area contributed by atoms with Crippen LogP contribution in [0, 0.1) is 11.8 Å². The van der Waals surface area contributed by atoms with E-state index in [1.54, 1.807) is 6.92 Å². The summed E-state index contributed by atoms with van der Waals surface area (Å²) in [6.45, 7) is 1.86. The molecule has 0 aromatic rings. The molecule has 0 aliphatic rings. The number of alkyl halides is 1. The molecule has 0 aliphatic heterocycles. The quantitative estimate of drug-likeness (QED) is 0.567. The molecule has 0 saturated carbocycles. The van der Waals surface area contributed by atoms with Crippen LogP contribution < -0.4 is 5.73 Å². The van der Waals surface area contributed by atoms with Gasteiger partial charge in [0.2, 0.25) is 0 Å². The first-order valence-corrected chi connectivity index (χ1v) is 3.05. The van der Waals surface area contributed by atoms with Gasteiger partial charge in [-0.2, -0.15) is 0 Å². The zero-order valence-corrected chi connectivity index (χ0v) is 5.65. The molecule has 0 amide bonds. The molecule has 0 fully saturated rings. The molecule has 1 nitrogen and oxygen atoms in total. The first kappa shape index (κ1) is 8.45. The van der Waals surface area contributed by atoms with E-state index in [-0.39, 0.29) is 6.54 Å². The van der Waals surface area contributed by atoms with Crippen molar-refractivity contribution in [2.45, 2.75) is 25.9 Å². The van der Waals surface area contributed by atoms with Crippen molar-refractivity contribution in [2.24, 2.45) is 5.73 Å². The normalized spacial score (nSPS) is 11.9. The minimum Gasteiger partial charge on any atom is -0.328 e. The Bertz CT molecular complexity index is 112. The molecule has 0 aliphatic carbocycles. The highest BCUT2D eigenvalue weighted by molar-refractivity contribution is 4.95. The van der Waals surface area contributed by atoms with Gasteiger partial charge in [0, 0.05) is 13.0 Å². The molecule has 0 saturated heterocycles. The van der Waals surface area contributed by atoms with E-state index in [0.717, 1.165) is 0 Å². The van der Waals surface area contributed by atoms with E-state index in [0.29, 0.717) is 12.8 Å². The van der Waals surface area contributed by atoms with Gasteiger partial charge in [0.15, 0.2) is 0 Å². The highest BCUT2D eigenvalue weighted by Gasteiger charge is 1.99. The summed E-state index contributed by atoms with van der Waals surface area (Å²) in [6, 6.07) is 0. The van der Waals surface area contributed by atoms with Gasteiger partial charge in [-0.3, -0.25) is 0 Å². The lowest BCUT2D eigenvalue weighted by Crippen LogP contribution is -2.14. The van der Waals surface area contributed by atoms with Crippen LogP contribution in [0.3, 0.4) is 0 Å². The number of nitrogens with two attached hydrogens (primary N) is 1. The Morgan fingerprint density at radius 2 is 2.33 bits per heavy atom. The Kier molecular flexibility index (Phi) is 5.24. The van der Waals surface area contributed by atoms with Gasteiger partial charge in [-0.15, -0.1) is 11.8 Å². The third-order valence-corrected chi connectivity index (χ3v) is 1.02. The van der Waals surface area contributed by atoms with Crippen LogP contribution in [0.15, 0.2) is 0 Å². The van der Waals surface area contributed by atoms with Crippen LogP contribution in [0.25, 0.3) is 0 Å². The first-order valence-electron chi connectivity index (χ1n) is 3.05. The van der Waals surface area contributed by atoms with Crippen LogP contribution >= 0.6 is 0 Å².